The smallest absolute Gasteiger partial charge is 0.372 e. The summed E-state index contributed by atoms with van der Waals surface area (Å²) >= 11 is 0. The van der Waals surface area contributed by atoms with E-state index in [1.54, 1.807) is 42.2 Å². The predicted octanol–water partition coefficient (Wildman–Crippen LogP) is 12.9. The predicted molar refractivity (Wildman–Crippen MR) is 301 cm³/mol. The van der Waals surface area contributed by atoms with Crippen molar-refractivity contribution >= 4 is 0 Å². The monoisotopic (exact) mass is 1190 g/mol. The number of pyridine rings is 4. The lowest BCUT2D eigenvalue weighted by Gasteiger charge is -2.24. The molecule has 0 saturated heterocycles. The molecule has 0 spiro atoms. The minimum atomic E-state index is -4.71. The van der Waals surface area contributed by atoms with E-state index >= 15 is 8.78 Å². The first kappa shape index (κ1) is 54.7. The molecule has 0 aliphatic heterocycles. The molecule has 3 unspecified atom stereocenters. The van der Waals surface area contributed by atoms with Crippen molar-refractivity contribution in [2.75, 3.05) is 0 Å². The van der Waals surface area contributed by atoms with E-state index in [1.807, 2.05) is 16.7 Å². The van der Waals surface area contributed by atoms with Crippen LogP contribution in [0.4, 0.5) is 35.1 Å². The van der Waals surface area contributed by atoms with E-state index in [4.69, 9.17) is 14.7 Å². The molecule has 10 aromatic rings. The Morgan fingerprint density at radius 1 is 0.586 bits per heavy atom. The molecule has 16 rings (SSSR count). The van der Waals surface area contributed by atoms with Crippen LogP contribution in [0.1, 0.15) is 97.1 Å². The highest BCUT2D eigenvalue weighted by molar-refractivity contribution is 5.83. The van der Waals surface area contributed by atoms with Crippen molar-refractivity contribution in [3.05, 3.63) is 168 Å². The number of fused-ring (bicyclic) bond motifs is 1. The van der Waals surface area contributed by atoms with Crippen molar-refractivity contribution in [1.29, 1.82) is 0 Å². The summed E-state index contributed by atoms with van der Waals surface area (Å²) < 4.78 is 131. The first-order valence-electron chi connectivity index (χ1n) is 29.0. The van der Waals surface area contributed by atoms with Gasteiger partial charge in [-0.15, -0.1) is 20.4 Å². The van der Waals surface area contributed by atoms with Gasteiger partial charge < -0.3 is 19.2 Å². The molecule has 8 heterocycles. The molecule has 2 bridgehead atoms. The summed E-state index contributed by atoms with van der Waals surface area (Å²) in [5.41, 5.74) is 3.44. The maximum absolute atomic E-state index is 15.6. The van der Waals surface area contributed by atoms with Gasteiger partial charge in [0.25, 0.3) is 0 Å². The van der Waals surface area contributed by atoms with E-state index in [1.165, 1.54) is 89.7 Å². The topological polar surface area (TPSA) is 170 Å². The van der Waals surface area contributed by atoms with Gasteiger partial charge in [0.2, 0.25) is 0 Å². The standard InChI is InChI=1S/C63H53F8N15O/c1-83-31-73-81-60(83)49-22-41(64)4-10-46(49)36-19-55(80-57(21-36)86-28-39(24-76-86)58-51(62(66,67)68)12-6-43(77-58)26-72-53-16-33-14-37(53)15-33)48-17-38(48)27-84-32-74-82-61(84)50-23-42(65)5-11-47(50)35-18-54(34-2-3-34)79-56(20-35)85-29-40(25-75-85)59-52(63(69,70)71)13-7-44(78-59)30-87-45-8-9-45/h4-7,10-13,18-25,28-29,31-34,37-38,45,48,53,72H,2-3,8-9,14-17,26-27,30H2,1H3. The first-order chi connectivity index (χ1) is 42.0. The molecule has 6 aliphatic rings. The third-order valence-electron chi connectivity index (χ3n) is 17.4. The molecule has 3 atom stereocenters. The average molecular weight is 1190 g/mol. The Morgan fingerprint density at radius 3 is 1.76 bits per heavy atom. The van der Waals surface area contributed by atoms with Crippen molar-refractivity contribution in [2.45, 2.75) is 107 Å². The Balaban J connectivity index is 0.749. The first-order valence-corrected chi connectivity index (χ1v) is 29.0. The number of aromatic nitrogens is 14. The minimum absolute atomic E-state index is 0.0707. The van der Waals surface area contributed by atoms with Crippen molar-refractivity contribution in [3.63, 3.8) is 0 Å². The molecule has 8 aromatic heterocycles. The molecule has 24 heteroatoms. The summed E-state index contributed by atoms with van der Waals surface area (Å²) in [4.78, 5) is 19.0. The second kappa shape index (κ2) is 21.2. The maximum Gasteiger partial charge on any atom is 0.418 e. The number of rotatable bonds is 18. The molecule has 87 heavy (non-hydrogen) atoms. The second-order valence-electron chi connectivity index (χ2n) is 23.7. The zero-order valence-electron chi connectivity index (χ0n) is 46.6. The van der Waals surface area contributed by atoms with Crippen LogP contribution in [0.15, 0.2) is 122 Å². The SMILES string of the molecule is Cn1cnnc1-c1cc(F)ccc1-c1cc(C2CC2Cn2cnnc2-c2cc(F)ccc2-c2cc(C3CC3)nc(-n3cc(-c4nc(COC5CC5)ccc4C(F)(F)F)cn3)c2)nc(-n2cc(-c3nc(CNC4CC5CC4C5)ccc3C(F)(F)F)cn2)c1. The quantitative estimate of drug-likeness (QED) is 0.0808. The van der Waals surface area contributed by atoms with Crippen LogP contribution in [0.25, 0.3) is 79.2 Å². The van der Waals surface area contributed by atoms with Crippen LogP contribution in [0.5, 0.6) is 0 Å². The van der Waals surface area contributed by atoms with Crippen LogP contribution in [0, 0.1) is 29.4 Å². The Bertz CT molecular complexity index is 4290. The zero-order chi connectivity index (χ0) is 59.5. The summed E-state index contributed by atoms with van der Waals surface area (Å²) in [5, 5.41) is 29.8. The van der Waals surface area contributed by atoms with E-state index in [-0.39, 0.29) is 58.8 Å². The molecule has 0 amide bonds. The number of hydrogen-bond donors (Lipinski definition) is 1. The van der Waals surface area contributed by atoms with Crippen LogP contribution in [0.2, 0.25) is 0 Å². The van der Waals surface area contributed by atoms with Crippen LogP contribution in [-0.2, 0) is 43.8 Å². The highest BCUT2D eigenvalue weighted by atomic mass is 19.4. The number of halogens is 8. The third-order valence-corrected chi connectivity index (χ3v) is 17.4. The van der Waals surface area contributed by atoms with Crippen molar-refractivity contribution in [2.24, 2.45) is 24.8 Å². The number of benzene rings is 2. The van der Waals surface area contributed by atoms with Gasteiger partial charge >= 0.3 is 12.4 Å². The van der Waals surface area contributed by atoms with Crippen LogP contribution >= 0.6 is 0 Å². The Hall–Kier alpha value is -8.90. The Kier molecular flexibility index (Phi) is 13.3. The van der Waals surface area contributed by atoms with E-state index < -0.39 is 35.1 Å². The number of ether oxygens (including phenoxy) is 1. The summed E-state index contributed by atoms with van der Waals surface area (Å²) in [6, 6.07) is 21.2. The van der Waals surface area contributed by atoms with Crippen molar-refractivity contribution in [1.82, 2.24) is 74.3 Å². The van der Waals surface area contributed by atoms with Gasteiger partial charge in [0.05, 0.1) is 59.0 Å². The van der Waals surface area contributed by atoms with Crippen LogP contribution in [0.3, 0.4) is 0 Å². The molecular weight excluding hydrogens is 1130 g/mol. The molecule has 442 valence electrons. The van der Waals surface area contributed by atoms with Crippen LogP contribution in [-0.4, -0.2) is 81.2 Å². The van der Waals surface area contributed by atoms with E-state index in [0.717, 1.165) is 49.9 Å². The third kappa shape index (κ3) is 11.0. The fourth-order valence-electron chi connectivity index (χ4n) is 12.5. The molecule has 6 fully saturated rings. The lowest BCUT2D eigenvalue weighted by Crippen LogP contribution is -2.31. The maximum atomic E-state index is 15.6. The fraction of sp³-hybridized carbons (Fsp3) is 0.333. The Morgan fingerprint density at radius 2 is 1.17 bits per heavy atom. The molecule has 1 N–H and O–H groups in total. The highest BCUT2D eigenvalue weighted by Crippen LogP contribution is 2.51. The summed E-state index contributed by atoms with van der Waals surface area (Å²) in [6.07, 6.45) is 7.00. The van der Waals surface area contributed by atoms with E-state index in [2.05, 4.69) is 45.9 Å². The normalized spacial score (nSPS) is 19.9. The fourth-order valence-corrected chi connectivity index (χ4v) is 12.5. The number of alkyl halides is 6. The molecule has 0 radical (unpaired) electrons. The number of nitrogens with zero attached hydrogens (tertiary/aromatic N) is 14. The lowest BCUT2D eigenvalue weighted by molar-refractivity contribution is -0.138. The number of aryl methyl sites for hydroxylation is 1. The number of hydrogen-bond acceptors (Lipinski definition) is 12. The summed E-state index contributed by atoms with van der Waals surface area (Å²) in [5.74, 6) is 1.51. The van der Waals surface area contributed by atoms with Crippen molar-refractivity contribution < 1.29 is 39.9 Å². The van der Waals surface area contributed by atoms with Gasteiger partial charge in [0, 0.05) is 84.1 Å². The molecular formula is C63H53F8N15O. The Labute approximate surface area is 491 Å². The minimum Gasteiger partial charge on any atom is -0.372 e. The molecule has 6 saturated carbocycles. The van der Waals surface area contributed by atoms with Crippen molar-refractivity contribution in [3.8, 4) is 79.2 Å². The number of nitrogens with one attached hydrogen (secondary N) is 1. The molecule has 6 aliphatic carbocycles. The molecule has 16 nitrogen and oxygen atoms in total. The zero-order valence-corrected chi connectivity index (χ0v) is 46.6. The average Bonchev–Trinajstić information content (AvgIpc) is 1.83. The van der Waals surface area contributed by atoms with Gasteiger partial charge in [0.1, 0.15) is 24.3 Å². The van der Waals surface area contributed by atoms with Gasteiger partial charge in [0.15, 0.2) is 23.3 Å². The van der Waals surface area contributed by atoms with E-state index in [9.17, 15) is 26.3 Å². The van der Waals surface area contributed by atoms with Gasteiger partial charge in [-0.05, 0) is 164 Å². The second-order valence-corrected chi connectivity index (χ2v) is 23.7. The van der Waals surface area contributed by atoms with Crippen LogP contribution < -0.4 is 5.32 Å². The van der Waals surface area contributed by atoms with Gasteiger partial charge in [-0.25, -0.2) is 33.1 Å². The molecule has 2 aromatic carbocycles. The summed E-state index contributed by atoms with van der Waals surface area (Å²) in [7, 11) is 1.74. The van der Waals surface area contributed by atoms with E-state index in [0.29, 0.717) is 105 Å². The largest absolute Gasteiger partial charge is 0.418 e. The highest BCUT2D eigenvalue weighted by Gasteiger charge is 2.45. The lowest BCUT2D eigenvalue weighted by atomic mass is 9.84. The summed E-state index contributed by atoms with van der Waals surface area (Å²) in [6.45, 7) is 0.764. The van der Waals surface area contributed by atoms with Gasteiger partial charge in [-0.2, -0.15) is 36.5 Å². The van der Waals surface area contributed by atoms with Gasteiger partial charge in [-0.3, -0.25) is 4.98 Å². The van der Waals surface area contributed by atoms with Gasteiger partial charge in [-0.1, -0.05) is 12.1 Å².